The Bertz CT molecular complexity index is 632. The fourth-order valence-corrected chi connectivity index (χ4v) is 9.23. The van der Waals surface area contributed by atoms with Crippen molar-refractivity contribution in [1.29, 1.82) is 0 Å². The summed E-state index contributed by atoms with van der Waals surface area (Å²) in [5.41, 5.74) is 0. The van der Waals surface area contributed by atoms with E-state index in [-0.39, 0.29) is 0 Å². The summed E-state index contributed by atoms with van der Waals surface area (Å²) in [5.74, 6) is 3.96. The molecule has 0 atom stereocenters. The van der Waals surface area contributed by atoms with E-state index >= 15 is 0 Å². The van der Waals surface area contributed by atoms with Gasteiger partial charge in [-0.15, -0.1) is 0 Å². The maximum Gasteiger partial charge on any atom is 0.210 e. The Hall–Kier alpha value is -0.200. The molecule has 6 saturated carbocycles. The van der Waals surface area contributed by atoms with Gasteiger partial charge >= 0.3 is 0 Å². The molecular formula is C26H41NO4. The van der Waals surface area contributed by atoms with E-state index in [0.29, 0.717) is 11.8 Å². The second-order valence-electron chi connectivity index (χ2n) is 12.3. The van der Waals surface area contributed by atoms with Crippen molar-refractivity contribution in [2.45, 2.75) is 101 Å². The predicted octanol–water partition coefficient (Wildman–Crippen LogP) is 4.89. The Kier molecular flexibility index (Phi) is 4.99. The lowest BCUT2D eigenvalue weighted by Crippen LogP contribution is -2.59. The van der Waals surface area contributed by atoms with Gasteiger partial charge in [-0.05, 0) is 94.3 Å². The number of morpholine rings is 1. The predicted molar refractivity (Wildman–Crippen MR) is 116 cm³/mol. The van der Waals surface area contributed by atoms with E-state index < -0.39 is 11.6 Å². The van der Waals surface area contributed by atoms with Crippen LogP contribution in [0.1, 0.15) is 83.5 Å². The summed E-state index contributed by atoms with van der Waals surface area (Å²) in [4.78, 5) is 15.1. The van der Waals surface area contributed by atoms with Crippen molar-refractivity contribution in [3.8, 4) is 0 Å². The first kappa shape index (κ1) is 20.2. The molecule has 0 radical (unpaired) electrons. The highest BCUT2D eigenvalue weighted by Crippen LogP contribution is 2.64. The molecule has 2 spiro atoms. The Morgan fingerprint density at radius 1 is 0.645 bits per heavy atom. The van der Waals surface area contributed by atoms with Gasteiger partial charge in [0, 0.05) is 43.8 Å². The zero-order chi connectivity index (χ0) is 20.5. The fraction of sp³-hybridized carbons (Fsp3) is 1.00. The first-order valence-electron chi connectivity index (χ1n) is 13.6. The molecule has 0 unspecified atom stereocenters. The van der Waals surface area contributed by atoms with Crippen molar-refractivity contribution in [1.82, 2.24) is 4.90 Å². The Labute approximate surface area is 187 Å². The molecule has 174 valence electrons. The summed E-state index contributed by atoms with van der Waals surface area (Å²) in [6.45, 7) is 4.14. The first-order chi connectivity index (χ1) is 15.2. The summed E-state index contributed by atoms with van der Waals surface area (Å²) in [6.07, 6.45) is 16.9. The minimum absolute atomic E-state index is 0.392. The first-order valence-corrected chi connectivity index (χ1v) is 13.6. The third-order valence-corrected chi connectivity index (χ3v) is 10.7. The van der Waals surface area contributed by atoms with Crippen LogP contribution in [0.15, 0.2) is 0 Å². The molecule has 4 bridgehead atoms. The molecule has 8 aliphatic rings. The zero-order valence-electron chi connectivity index (χ0n) is 19.1. The van der Waals surface area contributed by atoms with Gasteiger partial charge in [0.1, 0.15) is 0 Å². The second-order valence-corrected chi connectivity index (χ2v) is 12.3. The Morgan fingerprint density at radius 2 is 1.26 bits per heavy atom. The number of hydrogen-bond donors (Lipinski definition) is 0. The van der Waals surface area contributed by atoms with Crippen molar-refractivity contribution in [2.24, 2.45) is 35.5 Å². The minimum atomic E-state index is -0.434. The van der Waals surface area contributed by atoms with Crippen LogP contribution in [0.2, 0.25) is 0 Å². The SMILES string of the molecule is C1CN(C2CCC(C3CCC4(CC3)OOC3(O4)C4CC5CC(C4)CC3C5)CC2)CCO1. The standard InChI is InChI=1S/C26H41NO4/c1-3-24(27-9-11-28-12-10-27)4-2-20(1)21-5-7-25(8-6-21)29-26(31-30-25)22-14-18-13-19(16-22)17-23(26)15-18/h18-24H,1-17H2. The molecule has 8 fully saturated rings. The lowest BCUT2D eigenvalue weighted by atomic mass is 9.53. The largest absolute Gasteiger partial charge is 0.379 e. The molecule has 2 heterocycles. The number of hydrogen-bond acceptors (Lipinski definition) is 5. The van der Waals surface area contributed by atoms with E-state index in [1.807, 2.05) is 0 Å². The molecule has 6 aliphatic carbocycles. The third kappa shape index (κ3) is 3.36. The van der Waals surface area contributed by atoms with Gasteiger partial charge in [-0.3, -0.25) is 4.90 Å². The Morgan fingerprint density at radius 3 is 1.90 bits per heavy atom. The molecule has 0 aromatic carbocycles. The van der Waals surface area contributed by atoms with Crippen molar-refractivity contribution >= 4 is 0 Å². The van der Waals surface area contributed by atoms with Crippen molar-refractivity contribution < 1.29 is 19.2 Å². The van der Waals surface area contributed by atoms with Gasteiger partial charge in [0.25, 0.3) is 0 Å². The average molecular weight is 432 g/mol. The monoisotopic (exact) mass is 431 g/mol. The lowest BCUT2D eigenvalue weighted by molar-refractivity contribution is -0.390. The van der Waals surface area contributed by atoms with E-state index in [0.717, 1.165) is 68.9 Å². The molecular weight excluding hydrogens is 390 g/mol. The molecule has 0 aromatic rings. The summed E-state index contributed by atoms with van der Waals surface area (Å²) >= 11 is 0. The number of ether oxygens (including phenoxy) is 2. The van der Waals surface area contributed by atoms with E-state index in [9.17, 15) is 0 Å². The van der Waals surface area contributed by atoms with Gasteiger partial charge in [0.05, 0.1) is 13.2 Å². The summed E-state index contributed by atoms with van der Waals surface area (Å²) in [7, 11) is 0. The maximum atomic E-state index is 6.92. The van der Waals surface area contributed by atoms with Gasteiger partial charge in [-0.25, -0.2) is 0 Å². The van der Waals surface area contributed by atoms with Crippen molar-refractivity contribution in [3.05, 3.63) is 0 Å². The van der Waals surface area contributed by atoms with Crippen LogP contribution in [-0.2, 0) is 19.2 Å². The second kappa shape index (κ2) is 7.66. The molecule has 0 aromatic heterocycles. The van der Waals surface area contributed by atoms with E-state index in [4.69, 9.17) is 19.2 Å². The zero-order valence-corrected chi connectivity index (χ0v) is 19.1. The van der Waals surface area contributed by atoms with Crippen LogP contribution in [0.4, 0.5) is 0 Å². The Balaban J connectivity index is 0.949. The van der Waals surface area contributed by atoms with Gasteiger partial charge in [0.15, 0.2) is 0 Å². The highest BCUT2D eigenvalue weighted by Gasteiger charge is 2.66. The smallest absolute Gasteiger partial charge is 0.210 e. The summed E-state index contributed by atoms with van der Waals surface area (Å²) in [5, 5.41) is 0. The number of nitrogens with zero attached hydrogens (tertiary/aromatic N) is 1. The topological polar surface area (TPSA) is 40.2 Å². The molecule has 5 nitrogen and oxygen atoms in total. The fourth-order valence-electron chi connectivity index (χ4n) is 9.23. The van der Waals surface area contributed by atoms with Crippen LogP contribution < -0.4 is 0 Å². The third-order valence-electron chi connectivity index (χ3n) is 10.7. The van der Waals surface area contributed by atoms with Crippen LogP contribution in [0.5, 0.6) is 0 Å². The summed E-state index contributed by atoms with van der Waals surface area (Å²) < 4.78 is 12.5. The van der Waals surface area contributed by atoms with Crippen molar-refractivity contribution in [3.63, 3.8) is 0 Å². The normalized spacial score (nSPS) is 54.8. The molecule has 2 saturated heterocycles. The highest BCUT2D eigenvalue weighted by molar-refractivity contribution is 5.05. The summed E-state index contributed by atoms with van der Waals surface area (Å²) in [6, 6.07) is 0.807. The molecule has 2 aliphatic heterocycles. The molecule has 5 heteroatoms. The lowest BCUT2D eigenvalue weighted by Gasteiger charge is -2.57. The van der Waals surface area contributed by atoms with E-state index in [1.54, 1.807) is 0 Å². The highest BCUT2D eigenvalue weighted by atomic mass is 17.3. The quantitative estimate of drug-likeness (QED) is 0.582. The van der Waals surface area contributed by atoms with Crippen molar-refractivity contribution in [2.75, 3.05) is 26.3 Å². The number of rotatable bonds is 2. The van der Waals surface area contributed by atoms with E-state index in [1.165, 1.54) is 70.6 Å². The minimum Gasteiger partial charge on any atom is -0.379 e. The molecule has 8 rings (SSSR count). The average Bonchev–Trinajstić information content (AvgIpc) is 3.18. The van der Waals surface area contributed by atoms with E-state index in [2.05, 4.69) is 4.90 Å². The van der Waals surface area contributed by atoms with Crippen LogP contribution in [-0.4, -0.2) is 48.8 Å². The van der Waals surface area contributed by atoms with Crippen LogP contribution in [0.3, 0.4) is 0 Å². The maximum absolute atomic E-state index is 6.92. The van der Waals surface area contributed by atoms with Gasteiger partial charge in [0.2, 0.25) is 11.6 Å². The van der Waals surface area contributed by atoms with Gasteiger partial charge in [-0.1, -0.05) is 0 Å². The molecule has 0 amide bonds. The van der Waals surface area contributed by atoms with Crippen LogP contribution in [0.25, 0.3) is 0 Å². The van der Waals surface area contributed by atoms with Crippen LogP contribution in [0, 0.1) is 35.5 Å². The molecule has 31 heavy (non-hydrogen) atoms. The van der Waals surface area contributed by atoms with Gasteiger partial charge in [-0.2, -0.15) is 9.78 Å². The molecule has 0 N–H and O–H groups in total. The van der Waals surface area contributed by atoms with Crippen LogP contribution >= 0.6 is 0 Å². The van der Waals surface area contributed by atoms with Gasteiger partial charge < -0.3 is 9.47 Å².